The minimum absolute atomic E-state index is 0.389. The average molecular weight is 308 g/mol. The number of unbranched alkanes of at least 4 members (excludes halogenated alkanes) is 3. The van der Waals surface area contributed by atoms with Crippen LogP contribution in [0.2, 0.25) is 0 Å². The van der Waals surface area contributed by atoms with Crippen LogP contribution in [-0.4, -0.2) is 32.9 Å². The summed E-state index contributed by atoms with van der Waals surface area (Å²) in [6.45, 7) is 6.00. The van der Waals surface area contributed by atoms with Crippen LogP contribution in [0.15, 0.2) is 0 Å². The fourth-order valence-electron chi connectivity index (χ4n) is 2.36. The molecule has 0 radical (unpaired) electrons. The van der Waals surface area contributed by atoms with Crippen LogP contribution in [0, 0.1) is 0 Å². The maximum Gasteiger partial charge on any atom is 0.168 e. The van der Waals surface area contributed by atoms with Gasteiger partial charge in [-0.15, -0.1) is 0 Å². The van der Waals surface area contributed by atoms with E-state index in [1.807, 2.05) is 20.8 Å². The third-order valence-electron chi connectivity index (χ3n) is 3.85. The molecule has 4 nitrogen and oxygen atoms in total. The van der Waals surface area contributed by atoms with E-state index in [2.05, 4.69) is 0 Å². The normalized spacial score (nSPS) is 19.3. The van der Waals surface area contributed by atoms with Crippen molar-refractivity contribution in [2.24, 2.45) is 0 Å². The lowest BCUT2D eigenvalue weighted by Gasteiger charge is -2.32. The minimum atomic E-state index is -3.41. The summed E-state index contributed by atoms with van der Waals surface area (Å²) < 4.78 is 13.1. The van der Waals surface area contributed by atoms with E-state index in [1.54, 1.807) is 0 Å². The van der Waals surface area contributed by atoms with E-state index < -0.39 is 24.7 Å². The molecule has 3 N–H and O–H groups in total. The lowest BCUT2D eigenvalue weighted by atomic mass is 10.2. The first-order chi connectivity index (χ1) is 9.44. The molecule has 0 aromatic carbocycles. The van der Waals surface area contributed by atoms with Gasteiger partial charge in [0.1, 0.15) is 17.5 Å². The molecule has 3 unspecified atom stereocenters. The second-order valence-electron chi connectivity index (χ2n) is 5.63. The quantitative estimate of drug-likeness (QED) is 0.478. The third-order valence-corrected chi connectivity index (χ3v) is 7.41. The summed E-state index contributed by atoms with van der Waals surface area (Å²) in [7, 11) is -3.41. The number of aliphatic hydroxyl groups excluding tert-OH is 3. The Labute approximate surface area is 124 Å². The highest BCUT2D eigenvalue weighted by Crippen LogP contribution is 2.60. The van der Waals surface area contributed by atoms with Crippen molar-refractivity contribution in [1.29, 1.82) is 0 Å². The Balaban J connectivity index is 4.94. The standard InChI is InChI=1S/C15H33O4P/c1-4-7-10-13(16)20(19,14(17)11-8-5-2)15(18)12-9-6-3/h13-18H,4-12H2,1-3H3. The molecule has 0 saturated heterocycles. The maximum absolute atomic E-state index is 13.1. The minimum Gasteiger partial charge on any atom is -0.385 e. The van der Waals surface area contributed by atoms with Gasteiger partial charge in [-0.2, -0.15) is 0 Å². The van der Waals surface area contributed by atoms with Crippen molar-refractivity contribution in [2.75, 3.05) is 0 Å². The van der Waals surface area contributed by atoms with Crippen molar-refractivity contribution in [2.45, 2.75) is 96.1 Å². The molecular formula is C15H33O4P. The van der Waals surface area contributed by atoms with Crippen molar-refractivity contribution >= 4 is 7.14 Å². The van der Waals surface area contributed by atoms with Gasteiger partial charge < -0.3 is 19.9 Å². The predicted molar refractivity (Wildman–Crippen MR) is 84.2 cm³/mol. The van der Waals surface area contributed by atoms with Crippen LogP contribution in [0.1, 0.15) is 78.6 Å². The molecule has 20 heavy (non-hydrogen) atoms. The zero-order chi connectivity index (χ0) is 15.6. The molecule has 0 aliphatic carbocycles. The highest BCUT2D eigenvalue weighted by molar-refractivity contribution is 7.65. The summed E-state index contributed by atoms with van der Waals surface area (Å²) in [5, 5.41) is 30.8. The molecule has 0 rings (SSSR count). The molecule has 0 aromatic heterocycles. The van der Waals surface area contributed by atoms with E-state index in [0.29, 0.717) is 19.3 Å². The lowest BCUT2D eigenvalue weighted by molar-refractivity contribution is 0.159. The van der Waals surface area contributed by atoms with Crippen molar-refractivity contribution in [3.8, 4) is 0 Å². The van der Waals surface area contributed by atoms with Crippen LogP contribution in [0.4, 0.5) is 0 Å². The molecule has 0 fully saturated rings. The van der Waals surface area contributed by atoms with Gasteiger partial charge in [0.05, 0.1) is 0 Å². The first-order valence-electron chi connectivity index (χ1n) is 8.08. The van der Waals surface area contributed by atoms with Gasteiger partial charge in [-0.3, -0.25) is 0 Å². The van der Waals surface area contributed by atoms with E-state index in [-0.39, 0.29) is 0 Å². The van der Waals surface area contributed by atoms with Crippen LogP contribution >= 0.6 is 7.14 Å². The van der Waals surface area contributed by atoms with Crippen molar-refractivity contribution in [3.05, 3.63) is 0 Å². The fraction of sp³-hybridized carbons (Fsp3) is 1.00. The van der Waals surface area contributed by atoms with Crippen LogP contribution in [-0.2, 0) is 4.57 Å². The molecule has 0 heterocycles. The molecule has 0 saturated carbocycles. The second kappa shape index (κ2) is 10.8. The molecular weight excluding hydrogens is 275 g/mol. The van der Waals surface area contributed by atoms with Gasteiger partial charge in [-0.25, -0.2) is 0 Å². The Kier molecular flexibility index (Phi) is 10.8. The highest BCUT2D eigenvalue weighted by atomic mass is 31.2. The zero-order valence-corrected chi connectivity index (χ0v) is 14.2. The average Bonchev–Trinajstić information content (AvgIpc) is 2.46. The van der Waals surface area contributed by atoms with Gasteiger partial charge in [0, 0.05) is 0 Å². The Morgan fingerprint density at radius 2 is 0.950 bits per heavy atom. The zero-order valence-electron chi connectivity index (χ0n) is 13.3. The highest BCUT2D eigenvalue weighted by Gasteiger charge is 2.43. The van der Waals surface area contributed by atoms with E-state index in [4.69, 9.17) is 0 Å². The SMILES string of the molecule is CCCCC(O)P(=O)(C(O)CCCC)C(O)CCCC. The van der Waals surface area contributed by atoms with Crippen LogP contribution in [0.5, 0.6) is 0 Å². The monoisotopic (exact) mass is 308 g/mol. The third kappa shape index (κ3) is 5.85. The second-order valence-corrected chi connectivity index (χ2v) is 8.95. The first kappa shape index (κ1) is 20.1. The van der Waals surface area contributed by atoms with E-state index in [1.165, 1.54) is 0 Å². The van der Waals surface area contributed by atoms with Gasteiger partial charge in [-0.1, -0.05) is 59.3 Å². The number of rotatable bonds is 12. The Morgan fingerprint density at radius 1 is 0.700 bits per heavy atom. The Bertz CT molecular complexity index is 240. The van der Waals surface area contributed by atoms with Crippen molar-refractivity contribution in [3.63, 3.8) is 0 Å². The molecule has 0 aliphatic rings. The summed E-state index contributed by atoms with van der Waals surface area (Å²) in [5.74, 6) is -3.25. The topological polar surface area (TPSA) is 77.8 Å². The van der Waals surface area contributed by atoms with Crippen LogP contribution in [0.3, 0.4) is 0 Å². The van der Waals surface area contributed by atoms with Crippen molar-refractivity contribution < 1.29 is 19.9 Å². The Morgan fingerprint density at radius 3 is 1.15 bits per heavy atom. The van der Waals surface area contributed by atoms with Crippen molar-refractivity contribution in [1.82, 2.24) is 0 Å². The summed E-state index contributed by atoms with van der Waals surface area (Å²) in [4.78, 5) is 0. The molecule has 0 amide bonds. The van der Waals surface area contributed by atoms with Crippen LogP contribution < -0.4 is 0 Å². The largest absolute Gasteiger partial charge is 0.385 e. The molecule has 0 spiro atoms. The van der Waals surface area contributed by atoms with Gasteiger partial charge in [0.15, 0.2) is 7.14 Å². The number of aliphatic hydroxyl groups is 3. The summed E-state index contributed by atoms with van der Waals surface area (Å²) in [5.41, 5.74) is 0. The molecule has 0 aliphatic heterocycles. The van der Waals surface area contributed by atoms with E-state index in [9.17, 15) is 19.9 Å². The smallest absolute Gasteiger partial charge is 0.168 e. The van der Waals surface area contributed by atoms with Gasteiger partial charge in [0.2, 0.25) is 0 Å². The molecule has 0 bridgehead atoms. The molecule has 122 valence electrons. The lowest BCUT2D eigenvalue weighted by Crippen LogP contribution is -2.27. The fourth-order valence-corrected chi connectivity index (χ4v) is 5.31. The molecule has 0 aromatic rings. The van der Waals surface area contributed by atoms with Gasteiger partial charge in [0.25, 0.3) is 0 Å². The maximum atomic E-state index is 13.1. The number of hydrogen-bond acceptors (Lipinski definition) is 4. The summed E-state index contributed by atoms with van der Waals surface area (Å²) in [6, 6.07) is 0. The van der Waals surface area contributed by atoms with Gasteiger partial charge >= 0.3 is 0 Å². The van der Waals surface area contributed by atoms with Crippen LogP contribution in [0.25, 0.3) is 0 Å². The molecule has 5 heteroatoms. The Hall–Kier alpha value is 0.110. The van der Waals surface area contributed by atoms with E-state index >= 15 is 0 Å². The number of hydrogen-bond donors (Lipinski definition) is 3. The predicted octanol–water partition coefficient (Wildman–Crippen LogP) is 3.88. The molecule has 3 atom stereocenters. The summed E-state index contributed by atoms with van der Waals surface area (Å²) >= 11 is 0. The van der Waals surface area contributed by atoms with E-state index in [0.717, 1.165) is 38.5 Å². The van der Waals surface area contributed by atoms with Gasteiger partial charge in [-0.05, 0) is 19.3 Å². The summed E-state index contributed by atoms with van der Waals surface area (Å²) in [6.07, 6.45) is 6.12. The first-order valence-corrected chi connectivity index (χ1v) is 9.99.